The summed E-state index contributed by atoms with van der Waals surface area (Å²) in [6.07, 6.45) is -1.77. The molecule has 1 saturated heterocycles. The van der Waals surface area contributed by atoms with Gasteiger partial charge in [-0.1, -0.05) is 15.9 Å². The molecule has 3 nitrogen and oxygen atoms in total. The van der Waals surface area contributed by atoms with E-state index < -0.39 is 18.3 Å². The lowest BCUT2D eigenvalue weighted by atomic mass is 10.1. The van der Waals surface area contributed by atoms with Gasteiger partial charge >= 0.3 is 0 Å². The van der Waals surface area contributed by atoms with Crippen LogP contribution >= 0.6 is 15.9 Å². The maximum atomic E-state index is 9.22. The Morgan fingerprint density at radius 3 is 2.40 bits per heavy atom. The molecule has 4 atom stereocenters. The van der Waals surface area contributed by atoms with Crippen molar-refractivity contribution in [1.82, 2.24) is 0 Å². The Morgan fingerprint density at radius 1 is 1.60 bits per heavy atom. The van der Waals surface area contributed by atoms with Gasteiger partial charge in [0.15, 0.2) is 0 Å². The molecule has 2 N–H and O–H groups in total. The molecule has 1 heterocycles. The lowest BCUT2D eigenvalue weighted by Crippen LogP contribution is -2.29. The Balaban J connectivity index is 2.53. The number of hydrogen-bond donors (Lipinski definition) is 2. The molecular weight excluding hydrogens is 200 g/mol. The van der Waals surface area contributed by atoms with Crippen LogP contribution in [0, 0.1) is 6.92 Å². The molecule has 1 aliphatic rings. The summed E-state index contributed by atoms with van der Waals surface area (Å²) in [5.41, 5.74) is 0. The maximum absolute atomic E-state index is 9.22. The van der Waals surface area contributed by atoms with Crippen molar-refractivity contribution in [1.29, 1.82) is 0 Å². The first-order chi connectivity index (χ1) is 4.66. The van der Waals surface area contributed by atoms with Gasteiger partial charge in [0.25, 0.3) is 0 Å². The Labute approximate surface area is 68.1 Å². The summed E-state index contributed by atoms with van der Waals surface area (Å²) in [5, 5.41) is 17.8. The minimum atomic E-state index is -0.708. The maximum Gasteiger partial charge on any atom is 0.108 e. The fraction of sp³-hybridized carbons (Fsp3) is 0.833. The van der Waals surface area contributed by atoms with E-state index in [1.165, 1.54) is 0 Å². The van der Waals surface area contributed by atoms with Crippen LogP contribution in [0.4, 0.5) is 0 Å². The predicted molar refractivity (Wildman–Crippen MR) is 38.8 cm³/mol. The SMILES string of the molecule is [CH][C@@H]1O[C@H](CO)[C@H](O)C1Br. The van der Waals surface area contributed by atoms with Gasteiger partial charge in [0.05, 0.1) is 23.6 Å². The predicted octanol–water partition coefficient (Wildman–Crippen LogP) is -0.418. The summed E-state index contributed by atoms with van der Waals surface area (Å²) in [6.45, 7) is 5.20. The number of ether oxygens (including phenoxy) is 1. The lowest BCUT2D eigenvalue weighted by molar-refractivity contribution is -0.0112. The van der Waals surface area contributed by atoms with Gasteiger partial charge in [-0.05, 0) is 6.92 Å². The smallest absolute Gasteiger partial charge is 0.108 e. The summed E-state index contributed by atoms with van der Waals surface area (Å²) >= 11 is 3.14. The molecule has 10 heavy (non-hydrogen) atoms. The highest BCUT2D eigenvalue weighted by Gasteiger charge is 2.39. The molecule has 1 aliphatic heterocycles. The molecule has 0 aromatic rings. The van der Waals surface area contributed by atoms with Crippen molar-refractivity contribution in [3.63, 3.8) is 0 Å². The molecule has 1 fully saturated rings. The van der Waals surface area contributed by atoms with Crippen LogP contribution in [0.3, 0.4) is 0 Å². The molecule has 0 saturated carbocycles. The van der Waals surface area contributed by atoms with Gasteiger partial charge in [0.1, 0.15) is 6.10 Å². The summed E-state index contributed by atoms with van der Waals surface area (Å²) in [6, 6.07) is 0. The molecule has 0 spiro atoms. The van der Waals surface area contributed by atoms with Crippen LogP contribution in [0.15, 0.2) is 0 Å². The van der Waals surface area contributed by atoms with Crippen LogP contribution in [0.25, 0.3) is 0 Å². The Hall–Kier alpha value is 0.360. The molecule has 58 valence electrons. The summed E-state index contributed by atoms with van der Waals surface area (Å²) in [4.78, 5) is -0.273. The third kappa shape index (κ3) is 1.34. The van der Waals surface area contributed by atoms with Crippen molar-refractivity contribution in [2.75, 3.05) is 6.61 Å². The number of aliphatic hydroxyl groups is 2. The van der Waals surface area contributed by atoms with E-state index >= 15 is 0 Å². The van der Waals surface area contributed by atoms with E-state index in [4.69, 9.17) is 16.8 Å². The quantitative estimate of drug-likeness (QED) is 0.576. The first kappa shape index (κ1) is 8.46. The highest BCUT2D eigenvalue weighted by molar-refractivity contribution is 9.09. The van der Waals surface area contributed by atoms with Crippen molar-refractivity contribution < 1.29 is 14.9 Å². The van der Waals surface area contributed by atoms with Crippen LogP contribution in [0.1, 0.15) is 0 Å². The van der Waals surface area contributed by atoms with E-state index in [1.54, 1.807) is 0 Å². The van der Waals surface area contributed by atoms with Crippen molar-refractivity contribution in [3.8, 4) is 0 Å². The standard InChI is InChI=1S/C6H9BrO3/c1-3-5(7)6(9)4(2-8)10-3/h1,3-6,8-9H,2H2/t3-,4+,5?,6-/m0/s1. The summed E-state index contributed by atoms with van der Waals surface area (Å²) in [7, 11) is 0. The summed E-state index contributed by atoms with van der Waals surface area (Å²) in [5.74, 6) is 0. The van der Waals surface area contributed by atoms with E-state index in [0.29, 0.717) is 0 Å². The third-order valence-corrected chi connectivity index (χ3v) is 2.60. The minimum Gasteiger partial charge on any atom is -0.394 e. The Kier molecular flexibility index (Phi) is 2.68. The van der Waals surface area contributed by atoms with E-state index in [-0.39, 0.29) is 11.4 Å². The topological polar surface area (TPSA) is 49.7 Å². The van der Waals surface area contributed by atoms with Crippen LogP contribution in [0.5, 0.6) is 0 Å². The van der Waals surface area contributed by atoms with E-state index in [9.17, 15) is 5.11 Å². The van der Waals surface area contributed by atoms with Crippen molar-refractivity contribution in [2.24, 2.45) is 0 Å². The fourth-order valence-electron chi connectivity index (χ4n) is 0.908. The van der Waals surface area contributed by atoms with E-state index in [1.807, 2.05) is 0 Å². The zero-order chi connectivity index (χ0) is 7.72. The molecule has 0 aromatic carbocycles. The number of hydrogen-bond acceptors (Lipinski definition) is 3. The molecule has 0 amide bonds. The Morgan fingerprint density at radius 2 is 2.20 bits per heavy atom. The number of halogens is 1. The largest absolute Gasteiger partial charge is 0.394 e. The normalized spacial score (nSPS) is 48.0. The summed E-state index contributed by atoms with van der Waals surface area (Å²) < 4.78 is 4.97. The van der Waals surface area contributed by atoms with Crippen molar-refractivity contribution >= 4 is 15.9 Å². The molecule has 0 aromatic heterocycles. The second-order valence-electron chi connectivity index (χ2n) is 2.26. The van der Waals surface area contributed by atoms with Crippen molar-refractivity contribution in [3.05, 3.63) is 6.92 Å². The third-order valence-electron chi connectivity index (χ3n) is 1.53. The van der Waals surface area contributed by atoms with Crippen LogP contribution in [0.2, 0.25) is 0 Å². The first-order valence-electron chi connectivity index (χ1n) is 3.01. The molecule has 0 bridgehead atoms. The molecule has 2 radical (unpaired) electrons. The van der Waals surface area contributed by atoms with Gasteiger partial charge < -0.3 is 14.9 Å². The fourth-order valence-corrected chi connectivity index (χ4v) is 1.37. The van der Waals surface area contributed by atoms with Gasteiger partial charge in [-0.25, -0.2) is 0 Å². The van der Waals surface area contributed by atoms with Gasteiger partial charge in [-0.15, -0.1) is 0 Å². The zero-order valence-corrected chi connectivity index (χ0v) is 6.86. The average molecular weight is 209 g/mol. The average Bonchev–Trinajstić information content (AvgIpc) is 2.17. The highest BCUT2D eigenvalue weighted by Crippen LogP contribution is 2.26. The minimum absolute atomic E-state index is 0.197. The Bertz CT molecular complexity index is 120. The van der Waals surface area contributed by atoms with Crippen molar-refractivity contribution in [2.45, 2.75) is 23.1 Å². The zero-order valence-electron chi connectivity index (χ0n) is 5.27. The second kappa shape index (κ2) is 3.17. The lowest BCUT2D eigenvalue weighted by Gasteiger charge is -2.10. The van der Waals surface area contributed by atoms with Crippen LogP contribution in [-0.4, -0.2) is 40.0 Å². The number of alkyl halides is 1. The number of aliphatic hydroxyl groups excluding tert-OH is 2. The first-order valence-corrected chi connectivity index (χ1v) is 3.92. The molecule has 4 heteroatoms. The molecule has 1 unspecified atom stereocenters. The van der Waals surface area contributed by atoms with Gasteiger partial charge in [-0.3, -0.25) is 0 Å². The highest BCUT2D eigenvalue weighted by atomic mass is 79.9. The van der Waals surface area contributed by atoms with E-state index in [2.05, 4.69) is 15.9 Å². The van der Waals surface area contributed by atoms with Gasteiger partial charge in [0, 0.05) is 0 Å². The van der Waals surface area contributed by atoms with Crippen LogP contribution < -0.4 is 0 Å². The van der Waals surface area contributed by atoms with Gasteiger partial charge in [-0.2, -0.15) is 0 Å². The van der Waals surface area contributed by atoms with Crippen LogP contribution in [-0.2, 0) is 4.74 Å². The molecular formula is C6H9BrO3. The number of rotatable bonds is 1. The second-order valence-corrected chi connectivity index (χ2v) is 3.31. The molecule has 0 aliphatic carbocycles. The van der Waals surface area contributed by atoms with Gasteiger partial charge in [0.2, 0.25) is 0 Å². The molecule has 1 rings (SSSR count). The monoisotopic (exact) mass is 208 g/mol. The van der Waals surface area contributed by atoms with E-state index in [0.717, 1.165) is 0 Å².